The zero-order chi connectivity index (χ0) is 27.0. The first-order valence-corrected chi connectivity index (χ1v) is 14.2. The third-order valence-corrected chi connectivity index (χ3v) is 8.15. The number of pyridine rings is 1. The van der Waals surface area contributed by atoms with Crippen molar-refractivity contribution in [3.8, 4) is 5.75 Å². The van der Waals surface area contributed by atoms with Crippen LogP contribution in [0, 0.1) is 18.8 Å². The van der Waals surface area contributed by atoms with E-state index in [0.29, 0.717) is 24.2 Å². The molecule has 3 heterocycles. The molecule has 0 radical (unpaired) electrons. The first-order valence-electron chi connectivity index (χ1n) is 14.2. The van der Waals surface area contributed by atoms with Crippen molar-refractivity contribution in [2.45, 2.75) is 84.4 Å². The lowest BCUT2D eigenvalue weighted by atomic mass is 10.0. The normalized spacial score (nSPS) is 21.5. The Hall–Kier alpha value is -2.74. The zero-order valence-electron chi connectivity index (χ0n) is 23.5. The van der Waals surface area contributed by atoms with E-state index in [9.17, 15) is 9.59 Å². The van der Waals surface area contributed by atoms with Gasteiger partial charge in [-0.2, -0.15) is 0 Å². The van der Waals surface area contributed by atoms with Crippen molar-refractivity contribution in [3.05, 3.63) is 34.1 Å². The van der Waals surface area contributed by atoms with Gasteiger partial charge in [0.25, 0.3) is 5.56 Å². The van der Waals surface area contributed by atoms with E-state index < -0.39 is 5.60 Å². The van der Waals surface area contributed by atoms with Crippen LogP contribution in [0.5, 0.6) is 5.75 Å². The summed E-state index contributed by atoms with van der Waals surface area (Å²) in [5.74, 6) is 1.47. The highest BCUT2D eigenvalue weighted by Crippen LogP contribution is 2.41. The van der Waals surface area contributed by atoms with Gasteiger partial charge < -0.3 is 29.0 Å². The van der Waals surface area contributed by atoms with Crippen molar-refractivity contribution >= 4 is 22.7 Å². The zero-order valence-corrected chi connectivity index (χ0v) is 23.5. The highest BCUT2D eigenvalue weighted by molar-refractivity contribution is 5.92. The van der Waals surface area contributed by atoms with Crippen molar-refractivity contribution in [1.82, 2.24) is 9.88 Å². The molecule has 1 amide bonds. The molecule has 2 aromatic rings. The molecule has 1 N–H and O–H groups in total. The maximum Gasteiger partial charge on any atom is 0.407 e. The van der Waals surface area contributed by atoms with Gasteiger partial charge in [0.05, 0.1) is 12.1 Å². The third-order valence-electron chi connectivity index (χ3n) is 8.15. The van der Waals surface area contributed by atoms with E-state index in [1.807, 2.05) is 25.3 Å². The van der Waals surface area contributed by atoms with E-state index in [-0.39, 0.29) is 23.7 Å². The number of nitrogens with zero attached hydrogens (tertiary/aromatic N) is 2. The molecule has 0 bridgehead atoms. The summed E-state index contributed by atoms with van der Waals surface area (Å²) in [6.07, 6.45) is 4.70. The van der Waals surface area contributed by atoms with Gasteiger partial charge in [-0.15, -0.1) is 0 Å². The second-order valence-electron chi connectivity index (χ2n) is 12.4. The molecular formula is C30H43N3O5. The van der Waals surface area contributed by atoms with Gasteiger partial charge in [0.1, 0.15) is 11.4 Å². The molecule has 2 aliphatic heterocycles. The molecule has 1 aromatic carbocycles. The number of alkyl carbamates (subject to hydrolysis) is 1. The van der Waals surface area contributed by atoms with Crippen LogP contribution >= 0.6 is 0 Å². The summed E-state index contributed by atoms with van der Waals surface area (Å²) in [5.41, 5.74) is 2.79. The Balaban J connectivity index is 1.37. The van der Waals surface area contributed by atoms with Crippen molar-refractivity contribution < 1.29 is 19.0 Å². The Bertz CT molecular complexity index is 1220. The summed E-state index contributed by atoms with van der Waals surface area (Å²) < 4.78 is 19.2. The number of amides is 1. The molecule has 2 saturated heterocycles. The Kier molecular flexibility index (Phi) is 7.63. The molecule has 38 heavy (non-hydrogen) atoms. The standard InChI is InChI=1S/C30H43N3O5/c1-19-25(32-13-10-22(17-32)20(2)31-29(35)38-30(3,4)5)9-8-24-26(37-18-21-11-14-36-15-12-21)16-27(34)33(28(19)24)23-6-7-23/h8-9,16,20-23H,6-7,10-15,17-18H2,1-5H3,(H,31,35)/t20-,22+/m0/s1. The van der Waals surface area contributed by atoms with E-state index in [1.165, 1.54) is 0 Å². The summed E-state index contributed by atoms with van der Waals surface area (Å²) in [7, 11) is 0. The molecule has 3 aliphatic rings. The van der Waals surface area contributed by atoms with Crippen molar-refractivity contribution in [3.63, 3.8) is 0 Å². The van der Waals surface area contributed by atoms with E-state index in [1.54, 1.807) is 6.07 Å². The predicted molar refractivity (Wildman–Crippen MR) is 149 cm³/mol. The molecule has 8 heteroatoms. The van der Waals surface area contributed by atoms with Crippen LogP contribution < -0.4 is 20.5 Å². The van der Waals surface area contributed by atoms with E-state index in [0.717, 1.165) is 80.6 Å². The van der Waals surface area contributed by atoms with Crippen LogP contribution in [0.2, 0.25) is 0 Å². The van der Waals surface area contributed by atoms with Crippen LogP contribution in [0.3, 0.4) is 0 Å². The molecule has 2 atom stereocenters. The minimum Gasteiger partial charge on any atom is -0.492 e. The number of nitrogens with one attached hydrogen (secondary N) is 1. The van der Waals surface area contributed by atoms with Gasteiger partial charge in [0.2, 0.25) is 0 Å². The maximum atomic E-state index is 13.3. The summed E-state index contributed by atoms with van der Waals surface area (Å²) >= 11 is 0. The smallest absolute Gasteiger partial charge is 0.407 e. The van der Waals surface area contributed by atoms with Crippen LogP contribution in [0.15, 0.2) is 23.0 Å². The minimum atomic E-state index is -0.515. The number of fused-ring (bicyclic) bond motifs is 1. The van der Waals surface area contributed by atoms with Crippen LogP contribution in [-0.4, -0.2) is 55.2 Å². The number of carbonyl (C=O) groups is 1. The fraction of sp³-hybridized carbons (Fsp3) is 0.667. The lowest BCUT2D eigenvalue weighted by Gasteiger charge is -2.27. The van der Waals surface area contributed by atoms with E-state index in [2.05, 4.69) is 36.2 Å². The Labute approximate surface area is 225 Å². The van der Waals surface area contributed by atoms with E-state index in [4.69, 9.17) is 14.2 Å². The summed E-state index contributed by atoms with van der Waals surface area (Å²) in [4.78, 5) is 28.0. The highest BCUT2D eigenvalue weighted by Gasteiger charge is 2.32. The fourth-order valence-corrected chi connectivity index (χ4v) is 5.87. The summed E-state index contributed by atoms with van der Waals surface area (Å²) in [5, 5.41) is 4.04. The number of anilines is 1. The second-order valence-corrected chi connectivity index (χ2v) is 12.4. The first-order chi connectivity index (χ1) is 18.1. The summed E-state index contributed by atoms with van der Waals surface area (Å²) in [6, 6.07) is 6.27. The van der Waals surface area contributed by atoms with Gasteiger partial charge in [-0.25, -0.2) is 4.79 Å². The molecule has 1 aliphatic carbocycles. The number of ether oxygens (including phenoxy) is 3. The second kappa shape index (κ2) is 10.8. The molecule has 8 nitrogen and oxygen atoms in total. The van der Waals surface area contributed by atoms with Gasteiger partial charge in [-0.3, -0.25) is 4.79 Å². The molecular weight excluding hydrogens is 482 g/mol. The van der Waals surface area contributed by atoms with Crippen LogP contribution in [0.4, 0.5) is 10.5 Å². The largest absolute Gasteiger partial charge is 0.492 e. The monoisotopic (exact) mass is 525 g/mol. The number of aryl methyl sites for hydroxylation is 1. The van der Waals surface area contributed by atoms with E-state index >= 15 is 0 Å². The lowest BCUT2D eigenvalue weighted by molar-refractivity contribution is 0.0493. The van der Waals surface area contributed by atoms with Crippen LogP contribution in [0.25, 0.3) is 10.9 Å². The van der Waals surface area contributed by atoms with Gasteiger partial charge in [0, 0.05) is 55.5 Å². The molecule has 0 unspecified atom stereocenters. The number of rotatable bonds is 7. The fourth-order valence-electron chi connectivity index (χ4n) is 5.87. The van der Waals surface area contributed by atoms with Crippen LogP contribution in [0.1, 0.15) is 71.4 Å². The molecule has 1 saturated carbocycles. The average molecular weight is 526 g/mol. The van der Waals surface area contributed by atoms with Gasteiger partial charge in [-0.05, 0) is 96.3 Å². The first kappa shape index (κ1) is 26.9. The topological polar surface area (TPSA) is 82.0 Å². The molecule has 5 rings (SSSR count). The van der Waals surface area contributed by atoms with Crippen molar-refractivity contribution in [2.24, 2.45) is 11.8 Å². The minimum absolute atomic E-state index is 0.00504. The van der Waals surface area contributed by atoms with Crippen LogP contribution in [-0.2, 0) is 9.47 Å². The molecule has 208 valence electrons. The molecule has 3 fully saturated rings. The number of hydrogen-bond donors (Lipinski definition) is 1. The van der Waals surface area contributed by atoms with Crippen molar-refractivity contribution in [2.75, 3.05) is 37.8 Å². The average Bonchev–Trinajstić information content (AvgIpc) is 3.57. The van der Waals surface area contributed by atoms with Gasteiger partial charge in [0.15, 0.2) is 0 Å². The van der Waals surface area contributed by atoms with Gasteiger partial charge in [-0.1, -0.05) is 0 Å². The lowest BCUT2D eigenvalue weighted by Crippen LogP contribution is -2.42. The maximum absolute atomic E-state index is 13.3. The Morgan fingerprint density at radius 1 is 1.16 bits per heavy atom. The number of benzene rings is 1. The summed E-state index contributed by atoms with van der Waals surface area (Å²) in [6.45, 7) is 13.7. The van der Waals surface area contributed by atoms with Crippen molar-refractivity contribution in [1.29, 1.82) is 0 Å². The number of aromatic nitrogens is 1. The molecule has 0 spiro atoms. The number of carbonyl (C=O) groups excluding carboxylic acids is 1. The quantitative estimate of drug-likeness (QED) is 0.536. The Morgan fingerprint density at radius 2 is 1.89 bits per heavy atom. The predicted octanol–water partition coefficient (Wildman–Crippen LogP) is 5.19. The molecule has 1 aromatic heterocycles. The number of hydrogen-bond acceptors (Lipinski definition) is 6. The third kappa shape index (κ3) is 5.95. The van der Waals surface area contributed by atoms with Gasteiger partial charge >= 0.3 is 6.09 Å². The highest BCUT2D eigenvalue weighted by atomic mass is 16.6. The Morgan fingerprint density at radius 3 is 2.58 bits per heavy atom. The SMILES string of the molecule is Cc1c(N2CC[C@@H]([C@H](C)NC(=O)OC(C)(C)C)C2)ccc2c(OCC3CCOCC3)cc(=O)n(C3CC3)c12.